The van der Waals surface area contributed by atoms with Crippen LogP contribution in [0.5, 0.6) is 11.5 Å². The second-order valence-corrected chi connectivity index (χ2v) is 6.31. The number of hydrogen-bond donors (Lipinski definition) is 3. The van der Waals surface area contributed by atoms with Crippen LogP contribution in [-0.4, -0.2) is 37.1 Å². The van der Waals surface area contributed by atoms with Crippen molar-refractivity contribution in [3.8, 4) is 28.6 Å². The van der Waals surface area contributed by atoms with Gasteiger partial charge in [-0.1, -0.05) is 48.5 Å². The van der Waals surface area contributed by atoms with Gasteiger partial charge < -0.3 is 10.2 Å². The molecule has 30 heavy (non-hydrogen) atoms. The number of benzene rings is 3. The number of phenolic OH excluding ortho intramolecular Hbond substituents is 2. The molecule has 0 spiro atoms. The molecule has 8 nitrogen and oxygen atoms in total. The number of nitrogens with zero attached hydrogens (tertiary/aromatic N) is 4. The summed E-state index contributed by atoms with van der Waals surface area (Å²) in [5.41, 5.74) is 4.26. The lowest BCUT2D eigenvalue weighted by Gasteiger charge is -2.05. The maximum Gasteiger partial charge on any atom is 0.311 e. The van der Waals surface area contributed by atoms with Crippen molar-refractivity contribution in [2.24, 2.45) is 5.10 Å². The first-order valence-electron chi connectivity index (χ1n) is 9.05. The average molecular weight is 399 g/mol. The molecule has 0 aliphatic heterocycles. The highest BCUT2D eigenvalue weighted by atomic mass is 16.3. The highest BCUT2D eigenvalue weighted by Gasteiger charge is 2.18. The number of nitrogens with one attached hydrogen (secondary N) is 1. The molecule has 0 aliphatic rings. The van der Waals surface area contributed by atoms with Gasteiger partial charge in [0.2, 0.25) is 5.82 Å². The Morgan fingerprint density at radius 3 is 2.37 bits per heavy atom. The van der Waals surface area contributed by atoms with Crippen LogP contribution in [0.2, 0.25) is 0 Å². The van der Waals surface area contributed by atoms with Crippen molar-refractivity contribution in [2.45, 2.75) is 0 Å². The molecular weight excluding hydrogens is 382 g/mol. The zero-order chi connectivity index (χ0) is 20.9. The van der Waals surface area contributed by atoms with Gasteiger partial charge in [-0.15, -0.1) is 5.10 Å². The summed E-state index contributed by atoms with van der Waals surface area (Å²) in [4.78, 5) is 16.9. The van der Waals surface area contributed by atoms with Gasteiger partial charge in [0.1, 0.15) is 11.5 Å². The van der Waals surface area contributed by atoms with Gasteiger partial charge >= 0.3 is 5.91 Å². The summed E-state index contributed by atoms with van der Waals surface area (Å²) >= 11 is 0. The molecule has 0 fully saturated rings. The highest BCUT2D eigenvalue weighted by molar-refractivity contribution is 5.92. The van der Waals surface area contributed by atoms with Gasteiger partial charge in [-0.05, 0) is 24.3 Å². The zero-order valence-corrected chi connectivity index (χ0v) is 15.7. The first kappa shape index (κ1) is 18.9. The summed E-state index contributed by atoms with van der Waals surface area (Å²) in [5, 5.41) is 27.3. The second-order valence-electron chi connectivity index (χ2n) is 6.31. The lowest BCUT2D eigenvalue weighted by molar-refractivity contribution is 0.0945. The topological polar surface area (TPSA) is 113 Å². The number of aromatic nitrogens is 3. The molecule has 3 aromatic carbocycles. The minimum atomic E-state index is -0.601. The van der Waals surface area contributed by atoms with Crippen LogP contribution in [0.3, 0.4) is 0 Å². The van der Waals surface area contributed by atoms with Crippen molar-refractivity contribution in [3.63, 3.8) is 0 Å². The zero-order valence-electron chi connectivity index (χ0n) is 15.7. The van der Waals surface area contributed by atoms with Crippen LogP contribution in [0.4, 0.5) is 0 Å². The minimum Gasteiger partial charge on any atom is -0.508 e. The number of phenols is 2. The Morgan fingerprint density at radius 2 is 1.67 bits per heavy atom. The van der Waals surface area contributed by atoms with E-state index >= 15 is 0 Å². The normalized spacial score (nSPS) is 10.9. The number of amides is 1. The Kier molecular flexibility index (Phi) is 5.21. The number of hydrazone groups is 1. The third-order valence-electron chi connectivity index (χ3n) is 4.23. The molecule has 0 bridgehead atoms. The van der Waals surface area contributed by atoms with Crippen LogP contribution >= 0.6 is 0 Å². The van der Waals surface area contributed by atoms with Gasteiger partial charge in [-0.25, -0.2) is 15.1 Å². The standard InChI is InChI=1S/C22H17N5O3/c28-18-12-11-16(19(29)13-18)14-23-25-22(30)20-24-21(15-7-3-1-4-8-15)27(26-20)17-9-5-2-6-10-17/h1-14,28-29H,(H,25,30). The van der Waals surface area contributed by atoms with E-state index in [0.29, 0.717) is 11.4 Å². The fourth-order valence-electron chi connectivity index (χ4n) is 2.78. The molecule has 1 heterocycles. The second kappa shape index (κ2) is 8.27. The van der Waals surface area contributed by atoms with E-state index in [1.807, 2.05) is 60.7 Å². The lowest BCUT2D eigenvalue weighted by Crippen LogP contribution is -2.19. The predicted octanol–water partition coefficient (Wildman–Crippen LogP) is 3.11. The first-order valence-corrected chi connectivity index (χ1v) is 9.05. The first-order chi connectivity index (χ1) is 14.6. The molecule has 3 N–H and O–H groups in total. The molecule has 0 unspecified atom stereocenters. The van der Waals surface area contributed by atoms with Gasteiger partial charge in [0.25, 0.3) is 0 Å². The number of aromatic hydroxyl groups is 2. The summed E-state index contributed by atoms with van der Waals surface area (Å²) in [5.74, 6) is -0.364. The summed E-state index contributed by atoms with van der Waals surface area (Å²) in [7, 11) is 0. The van der Waals surface area contributed by atoms with E-state index in [0.717, 1.165) is 11.3 Å². The number of hydrogen-bond acceptors (Lipinski definition) is 6. The molecule has 0 saturated carbocycles. The Balaban J connectivity index is 1.61. The molecule has 148 valence electrons. The van der Waals surface area contributed by atoms with Crippen molar-refractivity contribution in [1.29, 1.82) is 0 Å². The molecule has 4 aromatic rings. The minimum absolute atomic E-state index is 0.0511. The van der Waals surface area contributed by atoms with E-state index in [2.05, 4.69) is 20.6 Å². The molecule has 0 saturated heterocycles. The molecular formula is C22H17N5O3. The van der Waals surface area contributed by atoms with Crippen LogP contribution < -0.4 is 5.43 Å². The molecule has 0 atom stereocenters. The van der Waals surface area contributed by atoms with Crippen molar-refractivity contribution in [1.82, 2.24) is 20.2 Å². The number of rotatable bonds is 5. The van der Waals surface area contributed by atoms with Crippen molar-refractivity contribution in [2.75, 3.05) is 0 Å². The van der Waals surface area contributed by atoms with E-state index in [4.69, 9.17) is 0 Å². The third kappa shape index (κ3) is 4.02. The van der Waals surface area contributed by atoms with Crippen molar-refractivity contribution in [3.05, 3.63) is 90.3 Å². The number of carbonyl (C=O) groups is 1. The molecule has 4 rings (SSSR count). The van der Waals surface area contributed by atoms with Gasteiger partial charge in [-0.3, -0.25) is 4.79 Å². The summed E-state index contributed by atoms with van der Waals surface area (Å²) in [6, 6.07) is 22.9. The van der Waals surface area contributed by atoms with Gasteiger partial charge in [0.05, 0.1) is 11.9 Å². The maximum absolute atomic E-state index is 12.5. The van der Waals surface area contributed by atoms with Gasteiger partial charge in [0.15, 0.2) is 5.82 Å². The maximum atomic E-state index is 12.5. The SMILES string of the molecule is O=C(NN=Cc1ccc(O)cc1O)c1nc(-c2ccccc2)n(-c2ccccc2)n1. The largest absolute Gasteiger partial charge is 0.508 e. The summed E-state index contributed by atoms with van der Waals surface area (Å²) in [6.45, 7) is 0. The monoisotopic (exact) mass is 399 g/mol. The van der Waals surface area contributed by atoms with E-state index in [9.17, 15) is 15.0 Å². The predicted molar refractivity (Wildman–Crippen MR) is 112 cm³/mol. The van der Waals surface area contributed by atoms with E-state index in [-0.39, 0.29) is 17.3 Å². The Hall–Kier alpha value is -4.46. The average Bonchev–Trinajstić information content (AvgIpc) is 3.22. The van der Waals surface area contributed by atoms with Crippen molar-refractivity contribution < 1.29 is 15.0 Å². The van der Waals surface area contributed by atoms with Crippen molar-refractivity contribution >= 4 is 12.1 Å². The lowest BCUT2D eigenvalue weighted by atomic mass is 10.2. The van der Waals surface area contributed by atoms with Crippen LogP contribution in [0, 0.1) is 0 Å². The molecule has 0 radical (unpaired) electrons. The van der Waals surface area contributed by atoms with E-state index < -0.39 is 5.91 Å². The van der Waals surface area contributed by atoms with Crippen LogP contribution in [0.1, 0.15) is 16.2 Å². The molecule has 1 amide bonds. The summed E-state index contributed by atoms with van der Waals surface area (Å²) < 4.78 is 1.60. The fraction of sp³-hybridized carbons (Fsp3) is 0. The van der Waals surface area contributed by atoms with Gasteiger partial charge in [-0.2, -0.15) is 5.10 Å². The third-order valence-corrected chi connectivity index (χ3v) is 4.23. The molecule has 8 heteroatoms. The Bertz CT molecular complexity index is 1150. The Morgan fingerprint density at radius 1 is 0.967 bits per heavy atom. The van der Waals surface area contributed by atoms with Gasteiger partial charge in [0, 0.05) is 17.2 Å². The van der Waals surface area contributed by atoms with E-state index in [1.54, 1.807) is 4.68 Å². The van der Waals surface area contributed by atoms with Crippen LogP contribution in [-0.2, 0) is 0 Å². The quantitative estimate of drug-likeness (QED) is 0.353. The highest BCUT2D eigenvalue weighted by Crippen LogP contribution is 2.22. The smallest absolute Gasteiger partial charge is 0.311 e. The Labute approximate surface area is 171 Å². The van der Waals surface area contributed by atoms with E-state index in [1.165, 1.54) is 24.4 Å². The number of carbonyl (C=O) groups excluding carboxylic acids is 1. The molecule has 0 aliphatic carbocycles. The number of para-hydroxylation sites is 1. The van der Waals surface area contributed by atoms with Crippen LogP contribution in [0.25, 0.3) is 17.1 Å². The molecule has 1 aromatic heterocycles. The fourth-order valence-corrected chi connectivity index (χ4v) is 2.78. The van der Waals surface area contributed by atoms with Crippen LogP contribution in [0.15, 0.2) is 84.0 Å². The summed E-state index contributed by atoms with van der Waals surface area (Å²) in [6.07, 6.45) is 1.26.